The number of amides is 1. The van der Waals surface area contributed by atoms with Crippen molar-refractivity contribution in [2.24, 2.45) is 5.73 Å². The van der Waals surface area contributed by atoms with Crippen molar-refractivity contribution < 1.29 is 4.79 Å². The van der Waals surface area contributed by atoms with Crippen molar-refractivity contribution in [1.29, 1.82) is 0 Å². The Labute approximate surface area is 130 Å². The molecule has 0 heterocycles. The molecule has 0 saturated carbocycles. The van der Waals surface area contributed by atoms with E-state index < -0.39 is 0 Å². The maximum Gasteiger partial charge on any atom is 0.258 e. The lowest BCUT2D eigenvalue weighted by Gasteiger charge is -2.18. The molecule has 0 bridgehead atoms. The third kappa shape index (κ3) is 3.28. The molecule has 4 heteroatoms. The van der Waals surface area contributed by atoms with Crippen LogP contribution in [0.25, 0.3) is 0 Å². The Morgan fingerprint density at radius 1 is 1.05 bits per heavy atom. The van der Waals surface area contributed by atoms with E-state index in [4.69, 9.17) is 18.0 Å². The molecule has 2 aromatic rings. The number of benzene rings is 2. The summed E-state index contributed by atoms with van der Waals surface area (Å²) in [6.07, 6.45) is 0. The lowest BCUT2D eigenvalue weighted by atomic mass is 10.1. The molecule has 0 aliphatic rings. The first-order valence-corrected chi connectivity index (χ1v) is 7.06. The van der Waals surface area contributed by atoms with E-state index in [1.807, 2.05) is 56.3 Å². The Bertz CT molecular complexity index is 710. The first-order valence-electron chi connectivity index (χ1n) is 6.65. The molecule has 0 spiro atoms. The number of carbonyl (C=O) groups is 1. The number of nitrogens with zero attached hydrogens (tertiary/aromatic N) is 1. The van der Waals surface area contributed by atoms with E-state index in [-0.39, 0.29) is 5.91 Å². The molecule has 0 aliphatic carbocycles. The second-order valence-electron chi connectivity index (χ2n) is 5.08. The minimum Gasteiger partial charge on any atom is -0.389 e. The summed E-state index contributed by atoms with van der Waals surface area (Å²) in [5.41, 5.74) is 10.1. The third-order valence-corrected chi connectivity index (χ3v) is 3.81. The summed E-state index contributed by atoms with van der Waals surface area (Å²) in [6, 6.07) is 13.1. The predicted molar refractivity (Wildman–Crippen MR) is 91.0 cm³/mol. The highest BCUT2D eigenvalue weighted by Gasteiger charge is 2.14. The van der Waals surface area contributed by atoms with Crippen molar-refractivity contribution in [3.63, 3.8) is 0 Å². The molecule has 3 nitrogen and oxygen atoms in total. The fourth-order valence-electron chi connectivity index (χ4n) is 2.05. The van der Waals surface area contributed by atoms with Gasteiger partial charge in [0.25, 0.3) is 5.91 Å². The zero-order valence-corrected chi connectivity index (χ0v) is 13.2. The summed E-state index contributed by atoms with van der Waals surface area (Å²) < 4.78 is 0. The molecule has 0 atom stereocenters. The molecular formula is C17H18N2OS. The topological polar surface area (TPSA) is 46.3 Å². The normalized spacial score (nSPS) is 10.2. The second kappa shape index (κ2) is 6.06. The van der Waals surface area contributed by atoms with Gasteiger partial charge in [-0.1, -0.05) is 30.4 Å². The standard InChI is InChI=1S/C17H18N2OS/c1-11-7-8-14(9-12(11)2)17(20)19(3)15-6-4-5-13(10-15)16(18)21/h4-10H,1-3H3,(H2,18,21). The lowest BCUT2D eigenvalue weighted by molar-refractivity contribution is 0.0993. The number of anilines is 1. The number of carbonyl (C=O) groups excluding carboxylic acids is 1. The van der Waals surface area contributed by atoms with Gasteiger partial charge in [-0.25, -0.2) is 0 Å². The van der Waals surface area contributed by atoms with Crippen LogP contribution in [0.2, 0.25) is 0 Å². The van der Waals surface area contributed by atoms with Crippen LogP contribution in [-0.2, 0) is 0 Å². The van der Waals surface area contributed by atoms with E-state index >= 15 is 0 Å². The van der Waals surface area contributed by atoms with Crippen LogP contribution in [0, 0.1) is 13.8 Å². The van der Waals surface area contributed by atoms with E-state index in [1.165, 1.54) is 5.56 Å². The fraction of sp³-hybridized carbons (Fsp3) is 0.176. The maximum atomic E-state index is 12.6. The van der Waals surface area contributed by atoms with Crippen molar-refractivity contribution in [1.82, 2.24) is 0 Å². The molecular weight excluding hydrogens is 280 g/mol. The molecule has 21 heavy (non-hydrogen) atoms. The molecule has 0 saturated heterocycles. The van der Waals surface area contributed by atoms with Crippen molar-refractivity contribution in [2.45, 2.75) is 13.8 Å². The molecule has 0 fully saturated rings. The summed E-state index contributed by atoms with van der Waals surface area (Å²) in [5.74, 6) is -0.0572. The van der Waals surface area contributed by atoms with E-state index in [9.17, 15) is 4.79 Å². The summed E-state index contributed by atoms with van der Waals surface area (Å²) in [4.78, 5) is 14.5. The zero-order valence-electron chi connectivity index (χ0n) is 12.4. The summed E-state index contributed by atoms with van der Waals surface area (Å²) >= 11 is 4.97. The Morgan fingerprint density at radius 3 is 2.38 bits per heavy atom. The molecule has 0 unspecified atom stereocenters. The lowest BCUT2D eigenvalue weighted by Crippen LogP contribution is -2.26. The Morgan fingerprint density at radius 2 is 1.76 bits per heavy atom. The summed E-state index contributed by atoms with van der Waals surface area (Å²) in [6.45, 7) is 4.03. The Hall–Kier alpha value is -2.20. The van der Waals surface area contributed by atoms with Crippen LogP contribution in [0.1, 0.15) is 27.0 Å². The smallest absolute Gasteiger partial charge is 0.258 e. The number of rotatable bonds is 3. The van der Waals surface area contributed by atoms with E-state index in [1.54, 1.807) is 11.9 Å². The van der Waals surface area contributed by atoms with Crippen molar-refractivity contribution >= 4 is 28.8 Å². The molecule has 0 radical (unpaired) electrons. The highest BCUT2D eigenvalue weighted by molar-refractivity contribution is 7.80. The quantitative estimate of drug-likeness (QED) is 0.885. The fourth-order valence-corrected chi connectivity index (χ4v) is 2.18. The summed E-state index contributed by atoms with van der Waals surface area (Å²) in [5, 5.41) is 0. The van der Waals surface area contributed by atoms with E-state index in [0.717, 1.165) is 16.8 Å². The highest BCUT2D eigenvalue weighted by atomic mass is 32.1. The van der Waals surface area contributed by atoms with E-state index in [0.29, 0.717) is 10.6 Å². The summed E-state index contributed by atoms with van der Waals surface area (Å²) in [7, 11) is 1.75. The van der Waals surface area contributed by atoms with Crippen LogP contribution in [0.5, 0.6) is 0 Å². The minimum atomic E-state index is -0.0572. The van der Waals surface area contributed by atoms with Crippen LogP contribution in [0.3, 0.4) is 0 Å². The molecule has 1 amide bonds. The Balaban J connectivity index is 2.32. The van der Waals surface area contributed by atoms with Gasteiger partial charge in [-0.2, -0.15) is 0 Å². The van der Waals surface area contributed by atoms with Crippen LogP contribution < -0.4 is 10.6 Å². The first kappa shape index (κ1) is 15.2. The van der Waals surface area contributed by atoms with Gasteiger partial charge in [0.05, 0.1) is 0 Å². The SMILES string of the molecule is Cc1ccc(C(=O)N(C)c2cccc(C(N)=S)c2)cc1C. The molecule has 2 rings (SSSR count). The van der Waals surface area contributed by atoms with Gasteiger partial charge < -0.3 is 10.6 Å². The van der Waals surface area contributed by atoms with E-state index in [2.05, 4.69) is 0 Å². The number of nitrogens with two attached hydrogens (primary N) is 1. The van der Waals surface area contributed by atoms with Crippen LogP contribution in [-0.4, -0.2) is 17.9 Å². The Kier molecular flexibility index (Phi) is 4.38. The number of thiocarbonyl (C=S) groups is 1. The largest absolute Gasteiger partial charge is 0.389 e. The highest BCUT2D eigenvalue weighted by Crippen LogP contribution is 2.19. The average molecular weight is 298 g/mol. The molecule has 2 N–H and O–H groups in total. The van der Waals surface area contributed by atoms with Gasteiger partial charge in [-0.3, -0.25) is 4.79 Å². The van der Waals surface area contributed by atoms with Crippen LogP contribution in [0.4, 0.5) is 5.69 Å². The van der Waals surface area contributed by atoms with Crippen LogP contribution in [0.15, 0.2) is 42.5 Å². The monoisotopic (exact) mass is 298 g/mol. The van der Waals surface area contributed by atoms with Gasteiger partial charge in [0.1, 0.15) is 4.99 Å². The van der Waals surface area contributed by atoms with Gasteiger partial charge in [0.15, 0.2) is 0 Å². The molecule has 0 aliphatic heterocycles. The predicted octanol–water partition coefficient (Wildman–Crippen LogP) is 3.21. The molecule has 2 aromatic carbocycles. The van der Waals surface area contributed by atoms with Gasteiger partial charge in [0, 0.05) is 23.9 Å². The zero-order chi connectivity index (χ0) is 15.6. The van der Waals surface area contributed by atoms with Gasteiger partial charge in [-0.15, -0.1) is 0 Å². The van der Waals surface area contributed by atoms with Crippen LogP contribution >= 0.6 is 12.2 Å². The molecule has 0 aromatic heterocycles. The first-order chi connectivity index (χ1) is 9.90. The van der Waals surface area contributed by atoms with Gasteiger partial charge >= 0.3 is 0 Å². The second-order valence-corrected chi connectivity index (χ2v) is 5.52. The molecule has 108 valence electrons. The van der Waals surface area contributed by atoms with Crippen molar-refractivity contribution in [3.05, 3.63) is 64.7 Å². The van der Waals surface area contributed by atoms with Crippen molar-refractivity contribution in [3.8, 4) is 0 Å². The maximum absolute atomic E-state index is 12.6. The number of hydrogen-bond donors (Lipinski definition) is 1. The minimum absolute atomic E-state index is 0.0572. The third-order valence-electron chi connectivity index (χ3n) is 3.58. The number of hydrogen-bond acceptors (Lipinski definition) is 2. The van der Waals surface area contributed by atoms with Crippen molar-refractivity contribution in [2.75, 3.05) is 11.9 Å². The van der Waals surface area contributed by atoms with Gasteiger partial charge in [0.2, 0.25) is 0 Å². The number of aryl methyl sites for hydroxylation is 2. The van der Waals surface area contributed by atoms with Gasteiger partial charge in [-0.05, 0) is 49.2 Å². The average Bonchev–Trinajstić information content (AvgIpc) is 2.48.